The van der Waals surface area contributed by atoms with Gasteiger partial charge in [0.1, 0.15) is 11.5 Å². The smallest absolute Gasteiger partial charge is 0.341 e. The lowest BCUT2D eigenvalue weighted by Crippen LogP contribution is -2.22. The predicted octanol–water partition coefficient (Wildman–Crippen LogP) is 1.60. The van der Waals surface area contributed by atoms with E-state index in [1.54, 1.807) is 12.1 Å². The third kappa shape index (κ3) is 1.07. The van der Waals surface area contributed by atoms with E-state index in [9.17, 15) is 4.79 Å². The zero-order chi connectivity index (χ0) is 10.5. The van der Waals surface area contributed by atoms with Gasteiger partial charge in [-0.3, -0.25) is 0 Å². The number of hydrogen-bond donors (Lipinski definition) is 1. The molecular formula is C11H12N2O2. The molecule has 0 unspecified atom stereocenters. The number of carbonyl (C=O) groups excluding carboxylic acids is 1. The van der Waals surface area contributed by atoms with E-state index in [1.807, 2.05) is 0 Å². The van der Waals surface area contributed by atoms with E-state index in [0.717, 1.165) is 31.4 Å². The highest BCUT2D eigenvalue weighted by Crippen LogP contribution is 2.47. The zero-order valence-corrected chi connectivity index (χ0v) is 8.32. The van der Waals surface area contributed by atoms with Crippen molar-refractivity contribution in [3.63, 3.8) is 0 Å². The van der Waals surface area contributed by atoms with Crippen molar-refractivity contribution in [1.29, 1.82) is 0 Å². The van der Waals surface area contributed by atoms with Crippen LogP contribution in [0.15, 0.2) is 12.1 Å². The molecular weight excluding hydrogens is 192 g/mol. The molecule has 4 heteroatoms. The number of nitrogen functional groups attached to an aromatic ring is 1. The first-order valence-corrected chi connectivity index (χ1v) is 5.22. The van der Waals surface area contributed by atoms with Crippen molar-refractivity contribution < 1.29 is 9.53 Å². The lowest BCUT2D eigenvalue weighted by molar-refractivity contribution is -0.00633. The number of hydrogen-bond acceptors (Lipinski definition) is 4. The number of fused-ring (bicyclic) bond motifs is 2. The number of aromatic nitrogens is 1. The van der Waals surface area contributed by atoms with Crippen molar-refractivity contribution in [3.8, 4) is 0 Å². The van der Waals surface area contributed by atoms with E-state index < -0.39 is 5.60 Å². The minimum Gasteiger partial charge on any atom is -0.449 e. The van der Waals surface area contributed by atoms with E-state index in [0.29, 0.717) is 11.4 Å². The maximum atomic E-state index is 11.6. The monoisotopic (exact) mass is 204 g/mol. The first-order chi connectivity index (χ1) is 7.21. The first kappa shape index (κ1) is 8.71. The second-order valence-electron chi connectivity index (χ2n) is 4.22. The molecule has 0 radical (unpaired) electrons. The minimum atomic E-state index is -0.457. The standard InChI is InChI=1S/C11H12N2O2/c12-8-4-3-7-9(13-8)11(15-10(7)14)5-1-2-6-11/h3-4H,1-2,5-6H2,(H2,12,13). The van der Waals surface area contributed by atoms with E-state index in [4.69, 9.17) is 10.5 Å². The minimum absolute atomic E-state index is 0.251. The van der Waals surface area contributed by atoms with Crippen LogP contribution in [0.5, 0.6) is 0 Å². The summed E-state index contributed by atoms with van der Waals surface area (Å²) in [5.41, 5.74) is 6.54. The molecule has 0 aromatic carbocycles. The van der Waals surface area contributed by atoms with Gasteiger partial charge in [-0.25, -0.2) is 9.78 Å². The van der Waals surface area contributed by atoms with E-state index in [-0.39, 0.29) is 5.97 Å². The average molecular weight is 204 g/mol. The van der Waals surface area contributed by atoms with E-state index >= 15 is 0 Å². The summed E-state index contributed by atoms with van der Waals surface area (Å²) in [4.78, 5) is 15.9. The Labute approximate surface area is 87.4 Å². The lowest BCUT2D eigenvalue weighted by Gasteiger charge is -2.21. The van der Waals surface area contributed by atoms with Gasteiger partial charge in [0.15, 0.2) is 5.60 Å². The van der Waals surface area contributed by atoms with Gasteiger partial charge in [-0.2, -0.15) is 0 Å². The Hall–Kier alpha value is -1.58. The summed E-state index contributed by atoms with van der Waals surface area (Å²) in [6.07, 6.45) is 3.93. The lowest BCUT2D eigenvalue weighted by atomic mass is 9.96. The molecule has 2 aliphatic rings. The number of esters is 1. The Kier molecular flexibility index (Phi) is 1.58. The highest BCUT2D eigenvalue weighted by Gasteiger charge is 2.48. The molecule has 0 saturated heterocycles. The Morgan fingerprint density at radius 1 is 1.33 bits per heavy atom. The molecule has 0 bridgehead atoms. The number of anilines is 1. The van der Waals surface area contributed by atoms with Gasteiger partial charge >= 0.3 is 5.97 Å². The van der Waals surface area contributed by atoms with Crippen molar-refractivity contribution in [2.75, 3.05) is 5.73 Å². The van der Waals surface area contributed by atoms with Crippen molar-refractivity contribution in [2.24, 2.45) is 0 Å². The summed E-state index contributed by atoms with van der Waals surface area (Å²) in [7, 11) is 0. The van der Waals surface area contributed by atoms with Crippen molar-refractivity contribution in [1.82, 2.24) is 4.98 Å². The van der Waals surface area contributed by atoms with Crippen molar-refractivity contribution >= 4 is 11.8 Å². The van der Waals surface area contributed by atoms with Crippen LogP contribution in [0.3, 0.4) is 0 Å². The van der Waals surface area contributed by atoms with Gasteiger partial charge < -0.3 is 10.5 Å². The van der Waals surface area contributed by atoms with Gasteiger partial charge in [0.2, 0.25) is 0 Å². The summed E-state index contributed by atoms with van der Waals surface area (Å²) >= 11 is 0. The van der Waals surface area contributed by atoms with Crippen LogP contribution in [0.1, 0.15) is 41.7 Å². The summed E-state index contributed by atoms with van der Waals surface area (Å²) in [5.74, 6) is 0.206. The molecule has 2 N–H and O–H groups in total. The predicted molar refractivity (Wildman–Crippen MR) is 54.2 cm³/mol. The van der Waals surface area contributed by atoms with E-state index in [1.165, 1.54) is 0 Å². The summed E-state index contributed by atoms with van der Waals surface area (Å²) in [6.45, 7) is 0. The molecule has 1 aromatic heterocycles. The number of nitrogens with two attached hydrogens (primary N) is 1. The second-order valence-corrected chi connectivity index (χ2v) is 4.22. The largest absolute Gasteiger partial charge is 0.449 e. The molecule has 15 heavy (non-hydrogen) atoms. The molecule has 0 amide bonds. The molecule has 1 aliphatic heterocycles. The molecule has 2 heterocycles. The summed E-state index contributed by atoms with van der Waals surface area (Å²) in [5, 5.41) is 0. The van der Waals surface area contributed by atoms with Gasteiger partial charge in [0, 0.05) is 0 Å². The van der Waals surface area contributed by atoms with Crippen LogP contribution in [0.25, 0.3) is 0 Å². The van der Waals surface area contributed by atoms with Crippen LogP contribution in [0.4, 0.5) is 5.82 Å². The molecule has 1 saturated carbocycles. The third-order valence-corrected chi connectivity index (χ3v) is 3.27. The van der Waals surface area contributed by atoms with Crippen molar-refractivity contribution in [2.45, 2.75) is 31.3 Å². The number of nitrogens with zero attached hydrogens (tertiary/aromatic N) is 1. The average Bonchev–Trinajstić information content (AvgIpc) is 2.76. The molecule has 1 spiro atoms. The SMILES string of the molecule is Nc1ccc2c(n1)C1(CCCC1)OC2=O. The molecule has 78 valence electrons. The topological polar surface area (TPSA) is 65.2 Å². The highest BCUT2D eigenvalue weighted by atomic mass is 16.6. The summed E-state index contributed by atoms with van der Waals surface area (Å²) < 4.78 is 5.48. The Morgan fingerprint density at radius 2 is 2.07 bits per heavy atom. The quantitative estimate of drug-likeness (QED) is 0.652. The number of rotatable bonds is 0. The molecule has 1 fully saturated rings. The van der Waals surface area contributed by atoms with Gasteiger partial charge in [-0.1, -0.05) is 0 Å². The third-order valence-electron chi connectivity index (χ3n) is 3.27. The normalized spacial score (nSPS) is 21.7. The molecule has 0 atom stereocenters. The number of carbonyl (C=O) groups is 1. The fourth-order valence-electron chi connectivity index (χ4n) is 2.55. The van der Waals surface area contributed by atoms with Gasteiger partial charge in [0.05, 0.1) is 5.56 Å². The molecule has 3 rings (SSSR count). The highest BCUT2D eigenvalue weighted by molar-refractivity contribution is 5.94. The second kappa shape index (κ2) is 2.72. The first-order valence-electron chi connectivity index (χ1n) is 5.22. The van der Waals surface area contributed by atoms with Gasteiger partial charge in [-0.05, 0) is 37.8 Å². The Balaban J connectivity index is 2.19. The van der Waals surface area contributed by atoms with Crippen LogP contribution in [0.2, 0.25) is 0 Å². The molecule has 1 aromatic rings. The fourth-order valence-corrected chi connectivity index (χ4v) is 2.55. The fraction of sp³-hybridized carbons (Fsp3) is 0.455. The van der Waals surface area contributed by atoms with Crippen LogP contribution >= 0.6 is 0 Å². The molecule has 1 aliphatic carbocycles. The van der Waals surface area contributed by atoms with Crippen LogP contribution in [-0.2, 0) is 10.3 Å². The Morgan fingerprint density at radius 3 is 2.80 bits per heavy atom. The van der Waals surface area contributed by atoms with Crippen LogP contribution < -0.4 is 5.73 Å². The zero-order valence-electron chi connectivity index (χ0n) is 8.32. The number of pyridine rings is 1. The Bertz CT molecular complexity index is 436. The summed E-state index contributed by atoms with van der Waals surface area (Å²) in [6, 6.07) is 3.36. The van der Waals surface area contributed by atoms with E-state index in [2.05, 4.69) is 4.98 Å². The maximum Gasteiger partial charge on any atom is 0.341 e. The number of ether oxygens (including phenoxy) is 1. The van der Waals surface area contributed by atoms with Gasteiger partial charge in [0.25, 0.3) is 0 Å². The van der Waals surface area contributed by atoms with Crippen LogP contribution in [-0.4, -0.2) is 11.0 Å². The van der Waals surface area contributed by atoms with Crippen LogP contribution in [0, 0.1) is 0 Å². The maximum absolute atomic E-state index is 11.6. The van der Waals surface area contributed by atoms with Gasteiger partial charge in [-0.15, -0.1) is 0 Å². The van der Waals surface area contributed by atoms with Crippen molar-refractivity contribution in [3.05, 3.63) is 23.4 Å². The molecule has 4 nitrogen and oxygen atoms in total.